The Morgan fingerprint density at radius 3 is 2.41 bits per heavy atom. The number of hydrogen-bond acceptors (Lipinski definition) is 5. The summed E-state index contributed by atoms with van der Waals surface area (Å²) in [4.78, 5) is 25.6. The molecule has 0 bridgehead atoms. The van der Waals surface area contributed by atoms with Crippen molar-refractivity contribution in [3.05, 3.63) is 59.1 Å². The minimum absolute atomic E-state index is 0.00945. The van der Waals surface area contributed by atoms with Crippen LogP contribution in [-0.2, 0) is 14.1 Å². The predicted molar refractivity (Wildman–Crippen MR) is 107 cm³/mol. The number of benzene rings is 2. The highest BCUT2D eigenvalue weighted by Crippen LogP contribution is 2.50. The molecule has 1 unspecified atom stereocenters. The molecule has 0 aromatic heterocycles. The van der Waals surface area contributed by atoms with Crippen LogP contribution < -0.4 is 10.0 Å². The molecule has 5 nitrogen and oxygen atoms in total. The lowest BCUT2D eigenvalue weighted by atomic mass is 10.2. The summed E-state index contributed by atoms with van der Waals surface area (Å²) in [5.41, 5.74) is -0.709. The van der Waals surface area contributed by atoms with Crippen molar-refractivity contribution in [2.75, 3.05) is 19.9 Å². The molecule has 0 aliphatic rings. The highest BCUT2D eigenvalue weighted by Gasteiger charge is 2.39. The van der Waals surface area contributed by atoms with Crippen LogP contribution in [0.3, 0.4) is 0 Å². The van der Waals surface area contributed by atoms with Crippen LogP contribution in [-0.4, -0.2) is 31.4 Å². The third-order valence-electron chi connectivity index (χ3n) is 4.02. The van der Waals surface area contributed by atoms with Crippen molar-refractivity contribution in [2.24, 2.45) is 0 Å². The number of carbonyl (C=O) groups is 2. The van der Waals surface area contributed by atoms with E-state index >= 15 is 0 Å². The van der Waals surface area contributed by atoms with Crippen molar-refractivity contribution >= 4 is 35.5 Å². The third kappa shape index (κ3) is 5.00. The van der Waals surface area contributed by atoms with Gasteiger partial charge in [0.2, 0.25) is 5.52 Å². The number of hydrogen-bond donors (Lipinski definition) is 0. The zero-order valence-electron chi connectivity index (χ0n) is 15.3. The summed E-state index contributed by atoms with van der Waals surface area (Å²) in [5.74, 6) is -0.460. The van der Waals surface area contributed by atoms with Gasteiger partial charge in [-0.1, -0.05) is 61.3 Å². The smallest absolute Gasteiger partial charge is 0.314 e. The largest absolute Gasteiger partial charge is 0.496 e. The number of methoxy groups -OCH3 is 1. The van der Waals surface area contributed by atoms with E-state index in [1.165, 1.54) is 13.2 Å². The molecule has 0 saturated heterocycles. The van der Waals surface area contributed by atoms with Crippen molar-refractivity contribution in [1.82, 2.24) is 0 Å². The van der Waals surface area contributed by atoms with Gasteiger partial charge in [0.25, 0.3) is 0 Å². The summed E-state index contributed by atoms with van der Waals surface area (Å²) < 4.78 is 24.2. The minimum atomic E-state index is -3.83. The Bertz CT molecular complexity index is 851. The van der Waals surface area contributed by atoms with E-state index in [2.05, 4.69) is 0 Å². The van der Waals surface area contributed by atoms with Gasteiger partial charge in [-0.25, -0.2) is 0 Å². The maximum Gasteiger partial charge on any atom is 0.314 e. The Hall–Kier alpha value is -2.10. The van der Waals surface area contributed by atoms with Crippen LogP contribution in [0.15, 0.2) is 48.5 Å². The first kappa shape index (κ1) is 21.2. The molecule has 0 fully saturated rings. The maximum atomic E-state index is 13.8. The monoisotopic (exact) mass is 408 g/mol. The van der Waals surface area contributed by atoms with E-state index in [0.717, 1.165) is 6.42 Å². The highest BCUT2D eigenvalue weighted by atomic mass is 35.5. The summed E-state index contributed by atoms with van der Waals surface area (Å²) in [7, 11) is -2.44. The normalized spacial score (nSPS) is 12.9. The van der Waals surface area contributed by atoms with E-state index < -0.39 is 24.8 Å². The molecule has 0 aliphatic heterocycles. The second-order valence-electron chi connectivity index (χ2n) is 5.93. The lowest BCUT2D eigenvalue weighted by molar-refractivity contribution is -0.140. The molecular formula is C20H22ClO5P. The number of unbranched alkanes of at least 4 members (excludes halogenated alkanes) is 1. The Labute approximate surface area is 164 Å². The van der Waals surface area contributed by atoms with E-state index in [4.69, 9.17) is 21.1 Å². The molecule has 0 amide bonds. The topological polar surface area (TPSA) is 69.7 Å². The Morgan fingerprint density at radius 2 is 1.78 bits per heavy atom. The number of carbonyl (C=O) groups excluding carboxylic acids is 2. The molecule has 2 rings (SSSR count). The van der Waals surface area contributed by atoms with Gasteiger partial charge in [0.1, 0.15) is 11.9 Å². The molecule has 0 aliphatic carbocycles. The first-order valence-corrected chi connectivity index (χ1v) is 10.9. The van der Waals surface area contributed by atoms with E-state index in [-0.39, 0.29) is 28.2 Å². The number of ether oxygens (including phenoxy) is 2. The van der Waals surface area contributed by atoms with E-state index in [0.29, 0.717) is 6.42 Å². The summed E-state index contributed by atoms with van der Waals surface area (Å²) in [6.45, 7) is 2.20. The van der Waals surface area contributed by atoms with Crippen LogP contribution in [0, 0.1) is 0 Å². The fourth-order valence-corrected chi connectivity index (χ4v) is 5.15. The van der Waals surface area contributed by atoms with Gasteiger partial charge in [-0.3, -0.25) is 9.59 Å². The van der Waals surface area contributed by atoms with Crippen molar-refractivity contribution in [3.8, 4) is 5.75 Å². The van der Waals surface area contributed by atoms with Crippen LogP contribution in [0.1, 0.15) is 30.1 Å². The summed E-state index contributed by atoms with van der Waals surface area (Å²) in [5, 5.41) is 0.402. The number of halogens is 1. The lowest BCUT2D eigenvalue weighted by Crippen LogP contribution is -2.22. The van der Waals surface area contributed by atoms with Crippen molar-refractivity contribution < 1.29 is 23.6 Å². The molecule has 2 aromatic carbocycles. The summed E-state index contributed by atoms with van der Waals surface area (Å²) in [6, 6.07) is 12.9. The first-order valence-electron chi connectivity index (χ1n) is 8.61. The van der Waals surface area contributed by atoms with Gasteiger partial charge >= 0.3 is 5.97 Å². The van der Waals surface area contributed by atoms with Crippen molar-refractivity contribution in [1.29, 1.82) is 0 Å². The molecule has 7 heteroatoms. The van der Waals surface area contributed by atoms with Crippen LogP contribution in [0.25, 0.3) is 0 Å². The quantitative estimate of drug-likeness (QED) is 0.346. The molecule has 27 heavy (non-hydrogen) atoms. The fourth-order valence-electron chi connectivity index (χ4n) is 2.57. The molecule has 0 saturated carbocycles. The molecule has 1 atom stereocenters. The molecular weight excluding hydrogens is 387 g/mol. The molecule has 2 aromatic rings. The van der Waals surface area contributed by atoms with Crippen molar-refractivity contribution in [3.63, 3.8) is 0 Å². The Morgan fingerprint density at radius 1 is 1.07 bits per heavy atom. The van der Waals surface area contributed by atoms with Crippen molar-refractivity contribution in [2.45, 2.75) is 19.8 Å². The molecule has 0 radical (unpaired) electrons. The van der Waals surface area contributed by atoms with Crippen LogP contribution in [0.4, 0.5) is 0 Å². The number of esters is 1. The van der Waals surface area contributed by atoms with E-state index in [1.807, 2.05) is 6.92 Å². The SMILES string of the molecule is CCCCOC(=O)CP(=O)(C(=O)c1c(Cl)cccc1OC)c1ccccc1. The maximum absolute atomic E-state index is 13.8. The second kappa shape index (κ2) is 9.72. The zero-order valence-corrected chi connectivity index (χ0v) is 17.0. The van der Waals surface area contributed by atoms with Gasteiger partial charge in [0, 0.05) is 5.30 Å². The van der Waals surface area contributed by atoms with Gasteiger partial charge in [-0.05, 0) is 18.6 Å². The predicted octanol–water partition coefficient (Wildman–Crippen LogP) is 4.52. The first-order chi connectivity index (χ1) is 12.9. The standard InChI is InChI=1S/C20H22ClO5P/c1-3-4-13-26-18(22)14-27(24,15-9-6-5-7-10-15)20(23)19-16(21)11-8-12-17(19)25-2/h5-12H,3-4,13-14H2,1-2H3. The average molecular weight is 409 g/mol. The van der Waals surface area contributed by atoms with Crippen LogP contribution in [0.5, 0.6) is 5.75 Å². The lowest BCUT2D eigenvalue weighted by Gasteiger charge is -2.19. The summed E-state index contributed by atoms with van der Waals surface area (Å²) in [6.07, 6.45) is 1.04. The van der Waals surface area contributed by atoms with Gasteiger partial charge in [0.15, 0.2) is 7.14 Å². The van der Waals surface area contributed by atoms with Gasteiger partial charge in [-0.15, -0.1) is 0 Å². The third-order valence-corrected chi connectivity index (χ3v) is 7.05. The van der Waals surface area contributed by atoms with Crippen LogP contribution in [0.2, 0.25) is 5.02 Å². The molecule has 0 spiro atoms. The fraction of sp³-hybridized carbons (Fsp3) is 0.300. The Balaban J connectivity index is 2.46. The highest BCUT2D eigenvalue weighted by molar-refractivity contribution is 7.88. The summed E-state index contributed by atoms with van der Waals surface area (Å²) >= 11 is 6.20. The van der Waals surface area contributed by atoms with Gasteiger partial charge < -0.3 is 14.0 Å². The van der Waals surface area contributed by atoms with Gasteiger partial charge in [0.05, 0.1) is 24.3 Å². The number of rotatable bonds is 9. The average Bonchev–Trinajstić information content (AvgIpc) is 2.68. The van der Waals surface area contributed by atoms with Gasteiger partial charge in [-0.2, -0.15) is 0 Å². The van der Waals surface area contributed by atoms with E-state index in [1.54, 1.807) is 42.5 Å². The second-order valence-corrected chi connectivity index (χ2v) is 9.06. The Kier molecular flexibility index (Phi) is 7.64. The molecule has 0 heterocycles. The molecule has 0 N–H and O–H groups in total. The van der Waals surface area contributed by atoms with E-state index in [9.17, 15) is 14.2 Å². The zero-order chi connectivity index (χ0) is 19.9. The molecule has 144 valence electrons. The minimum Gasteiger partial charge on any atom is -0.496 e. The van der Waals surface area contributed by atoms with Crippen LogP contribution >= 0.6 is 18.7 Å².